The van der Waals surface area contributed by atoms with Crippen LogP contribution in [0.2, 0.25) is 0 Å². The highest BCUT2D eigenvalue weighted by atomic mass is 79.9. The second kappa shape index (κ2) is 6.49. The maximum atomic E-state index is 11.8. The minimum Gasteiger partial charge on any atom is -0.396 e. The van der Waals surface area contributed by atoms with Crippen molar-refractivity contribution >= 4 is 21.6 Å². The molecule has 106 valence electrons. The Labute approximate surface area is 120 Å². The molecular weight excluding hydrogens is 312 g/mol. The first-order chi connectivity index (χ1) is 9.13. The van der Waals surface area contributed by atoms with Gasteiger partial charge < -0.3 is 10.0 Å². The van der Waals surface area contributed by atoms with Gasteiger partial charge in [-0.3, -0.25) is 9.69 Å². The van der Waals surface area contributed by atoms with Gasteiger partial charge in [0, 0.05) is 46.4 Å². The first-order valence-electron chi connectivity index (χ1n) is 6.43. The number of aryl methyl sites for hydroxylation is 1. The molecule has 0 amide bonds. The summed E-state index contributed by atoms with van der Waals surface area (Å²) in [5, 5.41) is 12.9. The van der Waals surface area contributed by atoms with Crippen LogP contribution >= 0.6 is 15.9 Å². The molecule has 19 heavy (non-hydrogen) atoms. The van der Waals surface area contributed by atoms with Crippen molar-refractivity contribution in [2.24, 2.45) is 7.05 Å². The van der Waals surface area contributed by atoms with Crippen LogP contribution in [0, 0.1) is 0 Å². The van der Waals surface area contributed by atoms with E-state index in [1.165, 1.54) is 4.68 Å². The lowest BCUT2D eigenvalue weighted by Gasteiger charge is -2.36. The summed E-state index contributed by atoms with van der Waals surface area (Å²) in [6.45, 7) is 4.81. The fourth-order valence-electron chi connectivity index (χ4n) is 2.23. The van der Waals surface area contributed by atoms with Crippen molar-refractivity contribution in [3.05, 3.63) is 21.0 Å². The molecule has 0 aliphatic carbocycles. The summed E-state index contributed by atoms with van der Waals surface area (Å²) in [4.78, 5) is 16.3. The number of halogens is 1. The SMILES string of the molecule is Cn1ncc(N2CCN(CCCO)CC2)c(Br)c1=O. The zero-order valence-electron chi connectivity index (χ0n) is 11.0. The summed E-state index contributed by atoms with van der Waals surface area (Å²) in [7, 11) is 1.64. The van der Waals surface area contributed by atoms with Crippen molar-refractivity contribution in [3.63, 3.8) is 0 Å². The van der Waals surface area contributed by atoms with E-state index in [1.54, 1.807) is 13.2 Å². The standard InChI is InChI=1S/C12H19BrN4O2/c1-15-12(19)11(13)10(9-14-15)17-6-4-16(5-7-17)3-2-8-18/h9,18H,2-8H2,1H3. The van der Waals surface area contributed by atoms with E-state index in [9.17, 15) is 4.79 Å². The van der Waals surface area contributed by atoms with Gasteiger partial charge in [0.05, 0.1) is 11.9 Å². The number of aliphatic hydroxyl groups excluding tert-OH is 1. The lowest BCUT2D eigenvalue weighted by Crippen LogP contribution is -2.47. The first kappa shape index (κ1) is 14.5. The van der Waals surface area contributed by atoms with Crippen LogP contribution in [0.5, 0.6) is 0 Å². The Hall–Kier alpha value is -0.920. The van der Waals surface area contributed by atoms with Gasteiger partial charge in [0.1, 0.15) is 4.47 Å². The molecule has 0 saturated carbocycles. The normalized spacial score (nSPS) is 16.9. The molecule has 1 saturated heterocycles. The van der Waals surface area contributed by atoms with Gasteiger partial charge in [-0.2, -0.15) is 5.10 Å². The second-order valence-electron chi connectivity index (χ2n) is 4.68. The molecular formula is C12H19BrN4O2. The molecule has 1 aliphatic heterocycles. The number of hydrogen-bond acceptors (Lipinski definition) is 5. The molecule has 1 N–H and O–H groups in total. The number of hydrogen-bond donors (Lipinski definition) is 1. The Morgan fingerprint density at radius 3 is 2.68 bits per heavy atom. The quantitative estimate of drug-likeness (QED) is 0.845. The predicted octanol–water partition coefficient (Wildman–Crippen LogP) is 0.0472. The fraction of sp³-hybridized carbons (Fsp3) is 0.667. The molecule has 7 heteroatoms. The van der Waals surface area contributed by atoms with Crippen molar-refractivity contribution in [3.8, 4) is 0 Å². The average Bonchev–Trinajstić information content (AvgIpc) is 2.44. The highest BCUT2D eigenvalue weighted by Gasteiger charge is 2.20. The zero-order valence-corrected chi connectivity index (χ0v) is 12.6. The van der Waals surface area contributed by atoms with E-state index >= 15 is 0 Å². The molecule has 2 heterocycles. The topological polar surface area (TPSA) is 61.6 Å². The lowest BCUT2D eigenvalue weighted by atomic mass is 10.2. The number of aromatic nitrogens is 2. The Balaban J connectivity index is 2.02. The molecule has 6 nitrogen and oxygen atoms in total. The third-order valence-electron chi connectivity index (χ3n) is 3.41. The molecule has 0 unspecified atom stereocenters. The molecule has 1 aliphatic rings. The van der Waals surface area contributed by atoms with Gasteiger partial charge in [0.2, 0.25) is 0 Å². The van der Waals surface area contributed by atoms with E-state index in [-0.39, 0.29) is 12.2 Å². The van der Waals surface area contributed by atoms with Crippen LogP contribution < -0.4 is 10.5 Å². The Bertz CT molecular complexity index is 483. The van der Waals surface area contributed by atoms with Crippen LogP contribution in [0.25, 0.3) is 0 Å². The number of anilines is 1. The molecule has 1 aromatic rings. The summed E-state index contributed by atoms with van der Waals surface area (Å²) < 4.78 is 1.90. The number of piperazine rings is 1. The molecule has 0 spiro atoms. The molecule has 2 rings (SSSR count). The van der Waals surface area contributed by atoms with Gasteiger partial charge >= 0.3 is 0 Å². The average molecular weight is 331 g/mol. The summed E-state index contributed by atoms with van der Waals surface area (Å²) >= 11 is 3.36. The smallest absolute Gasteiger partial charge is 0.282 e. The zero-order chi connectivity index (χ0) is 13.8. The highest BCUT2D eigenvalue weighted by Crippen LogP contribution is 2.22. The minimum atomic E-state index is -0.111. The highest BCUT2D eigenvalue weighted by molar-refractivity contribution is 9.10. The van der Waals surface area contributed by atoms with E-state index in [0.717, 1.165) is 44.8 Å². The maximum Gasteiger partial charge on any atom is 0.282 e. The summed E-state index contributed by atoms with van der Waals surface area (Å²) in [5.74, 6) is 0. The largest absolute Gasteiger partial charge is 0.396 e. The summed E-state index contributed by atoms with van der Waals surface area (Å²) in [6.07, 6.45) is 2.55. The predicted molar refractivity (Wildman–Crippen MR) is 77.5 cm³/mol. The van der Waals surface area contributed by atoms with Crippen molar-refractivity contribution in [1.82, 2.24) is 14.7 Å². The van der Waals surface area contributed by atoms with Crippen LogP contribution in [0.1, 0.15) is 6.42 Å². The van der Waals surface area contributed by atoms with E-state index in [4.69, 9.17) is 5.11 Å². The van der Waals surface area contributed by atoms with E-state index in [2.05, 4.69) is 30.8 Å². The molecule has 0 radical (unpaired) electrons. The Kier molecular flexibility index (Phi) is 4.95. The van der Waals surface area contributed by atoms with Crippen molar-refractivity contribution in [2.45, 2.75) is 6.42 Å². The van der Waals surface area contributed by atoms with Crippen LogP contribution in [0.4, 0.5) is 5.69 Å². The van der Waals surface area contributed by atoms with E-state index < -0.39 is 0 Å². The van der Waals surface area contributed by atoms with Crippen molar-refractivity contribution in [2.75, 3.05) is 44.2 Å². The Morgan fingerprint density at radius 2 is 2.05 bits per heavy atom. The van der Waals surface area contributed by atoms with Gasteiger partial charge in [-0.25, -0.2) is 4.68 Å². The Morgan fingerprint density at radius 1 is 1.37 bits per heavy atom. The fourth-order valence-corrected chi connectivity index (χ4v) is 2.84. The van der Waals surface area contributed by atoms with E-state index in [1.807, 2.05) is 0 Å². The minimum absolute atomic E-state index is 0.111. The monoisotopic (exact) mass is 330 g/mol. The van der Waals surface area contributed by atoms with Gasteiger partial charge in [0.25, 0.3) is 5.56 Å². The number of aliphatic hydroxyl groups is 1. The van der Waals surface area contributed by atoms with Crippen LogP contribution in [0.15, 0.2) is 15.5 Å². The third-order valence-corrected chi connectivity index (χ3v) is 4.15. The number of rotatable bonds is 4. The van der Waals surface area contributed by atoms with Gasteiger partial charge in [-0.15, -0.1) is 0 Å². The maximum absolute atomic E-state index is 11.8. The molecule has 1 aromatic heterocycles. The third kappa shape index (κ3) is 3.34. The molecule has 1 fully saturated rings. The van der Waals surface area contributed by atoms with Crippen molar-refractivity contribution < 1.29 is 5.11 Å². The van der Waals surface area contributed by atoms with Gasteiger partial charge in [-0.1, -0.05) is 0 Å². The molecule has 0 bridgehead atoms. The summed E-state index contributed by atoms with van der Waals surface area (Å²) in [5.41, 5.74) is 0.755. The molecule has 0 atom stereocenters. The number of nitrogens with zero attached hydrogens (tertiary/aromatic N) is 4. The molecule has 0 aromatic carbocycles. The van der Waals surface area contributed by atoms with Crippen LogP contribution in [-0.4, -0.2) is 59.1 Å². The van der Waals surface area contributed by atoms with Crippen LogP contribution in [0.3, 0.4) is 0 Å². The van der Waals surface area contributed by atoms with Crippen molar-refractivity contribution in [1.29, 1.82) is 0 Å². The van der Waals surface area contributed by atoms with Gasteiger partial charge in [-0.05, 0) is 22.4 Å². The second-order valence-corrected chi connectivity index (χ2v) is 5.47. The van der Waals surface area contributed by atoms with Crippen LogP contribution in [-0.2, 0) is 7.05 Å². The summed E-state index contributed by atoms with van der Waals surface area (Å²) in [6, 6.07) is 0. The first-order valence-corrected chi connectivity index (χ1v) is 7.22. The lowest BCUT2D eigenvalue weighted by molar-refractivity contribution is 0.216. The van der Waals surface area contributed by atoms with Gasteiger partial charge in [0.15, 0.2) is 0 Å². The van der Waals surface area contributed by atoms with E-state index in [0.29, 0.717) is 4.47 Å².